The molecule has 0 aliphatic heterocycles. The zero-order valence-electron chi connectivity index (χ0n) is 11.4. The van der Waals surface area contributed by atoms with Crippen molar-refractivity contribution in [3.8, 4) is 0 Å². The van der Waals surface area contributed by atoms with Crippen molar-refractivity contribution >= 4 is 10.9 Å². The van der Waals surface area contributed by atoms with Gasteiger partial charge in [-0.1, -0.05) is 18.2 Å². The van der Waals surface area contributed by atoms with Crippen molar-refractivity contribution in [3.05, 3.63) is 48.2 Å². The first-order valence-electron chi connectivity index (χ1n) is 6.71. The van der Waals surface area contributed by atoms with E-state index in [9.17, 15) is 0 Å². The Balaban J connectivity index is 1.88. The average molecular weight is 254 g/mol. The second-order valence-corrected chi connectivity index (χ2v) is 4.74. The lowest BCUT2D eigenvalue weighted by Gasteiger charge is -2.08. The van der Waals surface area contributed by atoms with E-state index in [-0.39, 0.29) is 0 Å². The number of aryl methyl sites for hydroxylation is 4. The summed E-state index contributed by atoms with van der Waals surface area (Å²) < 4.78 is 4.31. The van der Waals surface area contributed by atoms with Crippen LogP contribution < -0.4 is 0 Å². The van der Waals surface area contributed by atoms with Gasteiger partial charge in [0.2, 0.25) is 0 Å². The standard InChI is InChI=1S/C15H18N4/c1-3-19-15(16-11-17-19)8-9-18-12(2)10-13-6-4-5-7-14(13)18/h4-7,10-11H,3,8-9H2,1-2H3. The highest BCUT2D eigenvalue weighted by Gasteiger charge is 2.07. The molecule has 0 aliphatic carbocycles. The highest BCUT2D eigenvalue weighted by atomic mass is 15.3. The molecule has 4 nitrogen and oxygen atoms in total. The summed E-state index contributed by atoms with van der Waals surface area (Å²) in [5, 5.41) is 5.52. The summed E-state index contributed by atoms with van der Waals surface area (Å²) in [6.07, 6.45) is 2.55. The van der Waals surface area contributed by atoms with Crippen LogP contribution in [0.2, 0.25) is 0 Å². The van der Waals surface area contributed by atoms with Gasteiger partial charge in [-0.15, -0.1) is 0 Å². The van der Waals surface area contributed by atoms with Gasteiger partial charge in [0.25, 0.3) is 0 Å². The number of benzene rings is 1. The number of rotatable bonds is 4. The molecule has 3 rings (SSSR count). The van der Waals surface area contributed by atoms with Gasteiger partial charge in [-0.05, 0) is 31.4 Å². The summed E-state index contributed by atoms with van der Waals surface area (Å²) in [5.74, 6) is 1.06. The summed E-state index contributed by atoms with van der Waals surface area (Å²) in [6.45, 7) is 6.07. The predicted molar refractivity (Wildman–Crippen MR) is 76.1 cm³/mol. The molecule has 0 radical (unpaired) electrons. The molecule has 0 spiro atoms. The monoisotopic (exact) mass is 254 g/mol. The molecule has 98 valence electrons. The van der Waals surface area contributed by atoms with Crippen LogP contribution in [0, 0.1) is 6.92 Å². The van der Waals surface area contributed by atoms with Crippen LogP contribution in [0.1, 0.15) is 18.4 Å². The lowest BCUT2D eigenvalue weighted by atomic mass is 10.2. The van der Waals surface area contributed by atoms with Crippen molar-refractivity contribution in [2.24, 2.45) is 0 Å². The second kappa shape index (κ2) is 4.88. The average Bonchev–Trinajstić information content (AvgIpc) is 2.99. The summed E-state index contributed by atoms with van der Waals surface area (Å²) >= 11 is 0. The smallest absolute Gasteiger partial charge is 0.138 e. The van der Waals surface area contributed by atoms with Crippen LogP contribution in [0.3, 0.4) is 0 Å². The van der Waals surface area contributed by atoms with E-state index in [1.807, 2.05) is 4.68 Å². The van der Waals surface area contributed by atoms with Crippen molar-refractivity contribution in [2.45, 2.75) is 33.4 Å². The minimum Gasteiger partial charge on any atom is -0.344 e. The minimum atomic E-state index is 0.876. The molecule has 0 fully saturated rings. The first kappa shape index (κ1) is 12.0. The number of fused-ring (bicyclic) bond motifs is 1. The molecular weight excluding hydrogens is 236 g/mol. The van der Waals surface area contributed by atoms with E-state index in [2.05, 4.69) is 58.8 Å². The molecule has 0 aliphatic rings. The van der Waals surface area contributed by atoms with Gasteiger partial charge in [0, 0.05) is 30.7 Å². The van der Waals surface area contributed by atoms with Gasteiger partial charge in [0.15, 0.2) is 0 Å². The molecule has 2 heterocycles. The van der Waals surface area contributed by atoms with E-state index in [1.54, 1.807) is 6.33 Å². The van der Waals surface area contributed by atoms with E-state index < -0.39 is 0 Å². The van der Waals surface area contributed by atoms with E-state index >= 15 is 0 Å². The maximum Gasteiger partial charge on any atom is 0.138 e. The Morgan fingerprint density at radius 1 is 1.21 bits per heavy atom. The Hall–Kier alpha value is -2.10. The normalized spacial score (nSPS) is 11.3. The molecule has 0 saturated carbocycles. The third kappa shape index (κ3) is 2.14. The fraction of sp³-hybridized carbons (Fsp3) is 0.333. The molecule has 1 aromatic carbocycles. The number of aromatic nitrogens is 4. The van der Waals surface area contributed by atoms with Crippen molar-refractivity contribution in [1.82, 2.24) is 19.3 Å². The number of nitrogens with zero attached hydrogens (tertiary/aromatic N) is 4. The summed E-state index contributed by atoms with van der Waals surface area (Å²) in [6, 6.07) is 10.7. The Morgan fingerprint density at radius 3 is 2.89 bits per heavy atom. The molecule has 0 amide bonds. The van der Waals surface area contributed by atoms with Crippen LogP contribution >= 0.6 is 0 Å². The van der Waals surface area contributed by atoms with Gasteiger partial charge < -0.3 is 4.57 Å². The quantitative estimate of drug-likeness (QED) is 0.717. The van der Waals surface area contributed by atoms with Crippen molar-refractivity contribution in [3.63, 3.8) is 0 Å². The molecule has 0 unspecified atom stereocenters. The van der Waals surface area contributed by atoms with Crippen LogP contribution in [0.4, 0.5) is 0 Å². The zero-order chi connectivity index (χ0) is 13.2. The Kier molecular flexibility index (Phi) is 3.07. The highest BCUT2D eigenvalue weighted by Crippen LogP contribution is 2.19. The molecule has 4 heteroatoms. The van der Waals surface area contributed by atoms with E-state index in [0.717, 1.165) is 25.3 Å². The number of hydrogen-bond acceptors (Lipinski definition) is 2. The Bertz CT molecular complexity index is 693. The fourth-order valence-electron chi connectivity index (χ4n) is 2.60. The first-order chi connectivity index (χ1) is 9.29. The molecule has 0 atom stereocenters. The molecule has 3 aromatic rings. The van der Waals surface area contributed by atoms with E-state index in [0.29, 0.717) is 0 Å². The molecule has 2 aromatic heterocycles. The predicted octanol–water partition coefficient (Wildman–Crippen LogP) is 2.80. The van der Waals surface area contributed by atoms with Gasteiger partial charge >= 0.3 is 0 Å². The van der Waals surface area contributed by atoms with Crippen LogP contribution in [0.5, 0.6) is 0 Å². The maximum atomic E-state index is 4.33. The van der Waals surface area contributed by atoms with Gasteiger partial charge in [-0.2, -0.15) is 5.10 Å². The summed E-state index contributed by atoms with van der Waals surface area (Å²) in [7, 11) is 0. The van der Waals surface area contributed by atoms with Crippen LogP contribution in [-0.2, 0) is 19.5 Å². The topological polar surface area (TPSA) is 35.6 Å². The molecule has 0 saturated heterocycles. The van der Waals surface area contributed by atoms with Crippen molar-refractivity contribution < 1.29 is 0 Å². The molecule has 0 bridgehead atoms. The largest absolute Gasteiger partial charge is 0.344 e. The lowest BCUT2D eigenvalue weighted by molar-refractivity contribution is 0.584. The Morgan fingerprint density at radius 2 is 2.05 bits per heavy atom. The van der Waals surface area contributed by atoms with Gasteiger partial charge in [-0.3, -0.25) is 4.68 Å². The Labute approximate surface area is 112 Å². The molecule has 0 N–H and O–H groups in total. The van der Waals surface area contributed by atoms with Gasteiger partial charge in [0.05, 0.1) is 0 Å². The first-order valence-corrected chi connectivity index (χ1v) is 6.71. The van der Waals surface area contributed by atoms with E-state index in [1.165, 1.54) is 16.6 Å². The lowest BCUT2D eigenvalue weighted by Crippen LogP contribution is -2.09. The summed E-state index contributed by atoms with van der Waals surface area (Å²) in [5.41, 5.74) is 2.59. The fourth-order valence-corrected chi connectivity index (χ4v) is 2.60. The third-order valence-electron chi connectivity index (χ3n) is 3.57. The number of hydrogen-bond donors (Lipinski definition) is 0. The highest BCUT2D eigenvalue weighted by molar-refractivity contribution is 5.81. The van der Waals surface area contributed by atoms with Crippen LogP contribution in [0.25, 0.3) is 10.9 Å². The minimum absolute atomic E-state index is 0.876. The van der Waals surface area contributed by atoms with E-state index in [4.69, 9.17) is 0 Å². The van der Waals surface area contributed by atoms with Crippen LogP contribution in [0.15, 0.2) is 36.7 Å². The second-order valence-electron chi connectivity index (χ2n) is 4.74. The molecule has 19 heavy (non-hydrogen) atoms. The third-order valence-corrected chi connectivity index (χ3v) is 3.57. The zero-order valence-corrected chi connectivity index (χ0v) is 11.4. The summed E-state index contributed by atoms with van der Waals surface area (Å²) in [4.78, 5) is 4.33. The maximum absolute atomic E-state index is 4.33. The number of para-hydroxylation sites is 1. The van der Waals surface area contributed by atoms with Crippen molar-refractivity contribution in [2.75, 3.05) is 0 Å². The molecular formula is C15H18N4. The van der Waals surface area contributed by atoms with Gasteiger partial charge in [-0.25, -0.2) is 4.98 Å². The van der Waals surface area contributed by atoms with Crippen molar-refractivity contribution in [1.29, 1.82) is 0 Å². The van der Waals surface area contributed by atoms with Crippen LogP contribution in [-0.4, -0.2) is 19.3 Å². The van der Waals surface area contributed by atoms with Gasteiger partial charge in [0.1, 0.15) is 12.2 Å². The SMILES string of the molecule is CCn1ncnc1CCn1c(C)cc2ccccc21.